The predicted molar refractivity (Wildman–Crippen MR) is 82.8 cm³/mol. The summed E-state index contributed by atoms with van der Waals surface area (Å²) in [5.74, 6) is 0.611. The highest BCUT2D eigenvalue weighted by Gasteiger charge is 2.28. The van der Waals surface area contributed by atoms with Gasteiger partial charge in [0.1, 0.15) is 0 Å². The Labute approximate surface area is 127 Å². The van der Waals surface area contributed by atoms with Crippen molar-refractivity contribution >= 4 is 11.8 Å². The summed E-state index contributed by atoms with van der Waals surface area (Å²) in [6.07, 6.45) is 6.91. The van der Waals surface area contributed by atoms with Gasteiger partial charge in [0, 0.05) is 12.1 Å². The zero-order valence-electron chi connectivity index (χ0n) is 13.5. The van der Waals surface area contributed by atoms with Crippen molar-refractivity contribution in [1.82, 2.24) is 15.5 Å². The van der Waals surface area contributed by atoms with Crippen LogP contribution in [0.3, 0.4) is 0 Å². The van der Waals surface area contributed by atoms with E-state index in [4.69, 9.17) is 0 Å². The van der Waals surface area contributed by atoms with Gasteiger partial charge < -0.3 is 10.6 Å². The molecule has 0 spiro atoms. The van der Waals surface area contributed by atoms with Crippen LogP contribution in [0.5, 0.6) is 0 Å². The summed E-state index contributed by atoms with van der Waals surface area (Å²) in [7, 11) is 1.83. The van der Waals surface area contributed by atoms with Gasteiger partial charge in [0.2, 0.25) is 11.8 Å². The molecule has 5 heteroatoms. The number of carbonyl (C=O) groups is 2. The van der Waals surface area contributed by atoms with E-state index in [-0.39, 0.29) is 24.4 Å². The molecule has 2 amide bonds. The monoisotopic (exact) mass is 295 g/mol. The number of hydrogen-bond donors (Lipinski definition) is 2. The van der Waals surface area contributed by atoms with Crippen LogP contribution in [0.4, 0.5) is 0 Å². The fraction of sp³-hybridized carbons (Fsp3) is 0.875. The summed E-state index contributed by atoms with van der Waals surface area (Å²) in [6, 6.07) is 0.393. The van der Waals surface area contributed by atoms with Crippen molar-refractivity contribution in [2.45, 2.75) is 70.5 Å². The summed E-state index contributed by atoms with van der Waals surface area (Å²) >= 11 is 0. The first-order chi connectivity index (χ1) is 9.97. The van der Waals surface area contributed by atoms with Gasteiger partial charge in [-0.05, 0) is 45.6 Å². The Hall–Kier alpha value is -1.10. The highest BCUT2D eigenvalue weighted by atomic mass is 16.2. The van der Waals surface area contributed by atoms with E-state index < -0.39 is 0 Å². The number of amides is 2. The molecule has 0 heterocycles. The van der Waals surface area contributed by atoms with Crippen LogP contribution in [0.2, 0.25) is 0 Å². The lowest BCUT2D eigenvalue weighted by Crippen LogP contribution is -2.51. The Bertz CT molecular complexity index is 382. The molecule has 2 aliphatic carbocycles. The molecule has 0 bridgehead atoms. The molecule has 2 rings (SSSR count). The molecule has 0 aromatic carbocycles. The van der Waals surface area contributed by atoms with E-state index in [1.54, 1.807) is 0 Å². The zero-order valence-corrected chi connectivity index (χ0v) is 13.5. The number of rotatable bonds is 6. The van der Waals surface area contributed by atoms with Gasteiger partial charge in [-0.15, -0.1) is 0 Å². The summed E-state index contributed by atoms with van der Waals surface area (Å²) in [6.45, 7) is 4.36. The summed E-state index contributed by atoms with van der Waals surface area (Å²) in [5, 5.41) is 6.12. The van der Waals surface area contributed by atoms with Crippen LogP contribution in [-0.2, 0) is 9.59 Å². The van der Waals surface area contributed by atoms with E-state index in [1.165, 1.54) is 19.3 Å². The van der Waals surface area contributed by atoms with Crippen molar-refractivity contribution in [2.75, 3.05) is 13.6 Å². The third-order valence-corrected chi connectivity index (χ3v) is 4.82. The quantitative estimate of drug-likeness (QED) is 0.776. The Morgan fingerprint density at radius 1 is 1.14 bits per heavy atom. The molecular formula is C16H29N3O2. The Kier molecular flexibility index (Phi) is 5.62. The summed E-state index contributed by atoms with van der Waals surface area (Å²) in [5.41, 5.74) is 0. The molecule has 0 aliphatic heterocycles. The van der Waals surface area contributed by atoms with Crippen molar-refractivity contribution in [3.8, 4) is 0 Å². The second-order valence-corrected chi connectivity index (χ2v) is 6.81. The van der Waals surface area contributed by atoms with Crippen LogP contribution in [-0.4, -0.2) is 48.4 Å². The second kappa shape index (κ2) is 7.25. The largest absolute Gasteiger partial charge is 0.352 e. The van der Waals surface area contributed by atoms with Crippen LogP contribution in [0.25, 0.3) is 0 Å². The molecule has 2 fully saturated rings. The number of likely N-dealkylation sites (N-methyl/N-ethyl adjacent to an activating group) is 1. The summed E-state index contributed by atoms with van der Waals surface area (Å²) < 4.78 is 0. The third-order valence-electron chi connectivity index (χ3n) is 4.82. The van der Waals surface area contributed by atoms with Crippen LogP contribution in [0, 0.1) is 5.92 Å². The first-order valence-corrected chi connectivity index (χ1v) is 8.27. The smallest absolute Gasteiger partial charge is 0.237 e. The van der Waals surface area contributed by atoms with Crippen LogP contribution < -0.4 is 10.6 Å². The Morgan fingerprint density at radius 2 is 1.81 bits per heavy atom. The van der Waals surface area contributed by atoms with Gasteiger partial charge in [-0.3, -0.25) is 14.5 Å². The van der Waals surface area contributed by atoms with Gasteiger partial charge in [-0.1, -0.05) is 19.8 Å². The van der Waals surface area contributed by atoms with Gasteiger partial charge in [0.15, 0.2) is 0 Å². The average molecular weight is 295 g/mol. The number of nitrogens with zero attached hydrogens (tertiary/aromatic N) is 1. The third kappa shape index (κ3) is 4.99. The van der Waals surface area contributed by atoms with Gasteiger partial charge in [0.25, 0.3) is 0 Å². The van der Waals surface area contributed by atoms with Gasteiger partial charge in [0.05, 0.1) is 12.6 Å². The van der Waals surface area contributed by atoms with E-state index >= 15 is 0 Å². The molecule has 2 N–H and O–H groups in total. The van der Waals surface area contributed by atoms with E-state index in [9.17, 15) is 9.59 Å². The van der Waals surface area contributed by atoms with E-state index in [0.29, 0.717) is 18.0 Å². The molecule has 0 radical (unpaired) electrons. The topological polar surface area (TPSA) is 61.4 Å². The molecule has 120 valence electrons. The molecule has 5 nitrogen and oxygen atoms in total. The first kappa shape index (κ1) is 16.3. The van der Waals surface area contributed by atoms with Gasteiger partial charge in [-0.25, -0.2) is 0 Å². The van der Waals surface area contributed by atoms with Crippen molar-refractivity contribution in [1.29, 1.82) is 0 Å². The number of nitrogens with one attached hydrogen (secondary N) is 2. The standard InChI is InChI=1S/C16H29N3O2/c1-11-6-4-5-7-14(11)18-16(21)12(2)19(3)10-15(20)17-13-8-9-13/h11-14H,4-10H2,1-3H3,(H,17,20)(H,18,21)/t11-,12+,14-/m0/s1. The van der Waals surface area contributed by atoms with Gasteiger partial charge >= 0.3 is 0 Å². The first-order valence-electron chi connectivity index (χ1n) is 8.27. The zero-order chi connectivity index (χ0) is 15.4. The minimum absolute atomic E-state index is 0.0192. The highest BCUT2D eigenvalue weighted by molar-refractivity contribution is 5.83. The maximum absolute atomic E-state index is 12.3. The fourth-order valence-corrected chi connectivity index (χ4v) is 2.90. The lowest BCUT2D eigenvalue weighted by Gasteiger charge is -2.32. The molecule has 0 unspecified atom stereocenters. The van der Waals surface area contributed by atoms with Crippen molar-refractivity contribution in [3.05, 3.63) is 0 Å². The average Bonchev–Trinajstić information content (AvgIpc) is 3.24. The van der Waals surface area contributed by atoms with Crippen molar-refractivity contribution in [3.63, 3.8) is 0 Å². The molecule has 2 aliphatic rings. The minimum atomic E-state index is -0.274. The molecule has 0 saturated heterocycles. The lowest BCUT2D eigenvalue weighted by atomic mass is 9.86. The van der Waals surface area contributed by atoms with E-state index in [0.717, 1.165) is 19.3 Å². The van der Waals surface area contributed by atoms with Gasteiger partial charge in [-0.2, -0.15) is 0 Å². The molecule has 21 heavy (non-hydrogen) atoms. The maximum atomic E-state index is 12.3. The number of hydrogen-bond acceptors (Lipinski definition) is 3. The SMILES string of the molecule is C[C@H](C(=O)N[C@H]1CCCC[C@@H]1C)N(C)CC(=O)NC1CC1. The molecule has 0 aromatic rings. The molecule has 0 aromatic heterocycles. The maximum Gasteiger partial charge on any atom is 0.237 e. The van der Waals surface area contributed by atoms with Crippen molar-refractivity contribution in [2.24, 2.45) is 5.92 Å². The summed E-state index contributed by atoms with van der Waals surface area (Å²) in [4.78, 5) is 25.9. The Balaban J connectivity index is 1.75. The Morgan fingerprint density at radius 3 is 2.43 bits per heavy atom. The van der Waals surface area contributed by atoms with Crippen LogP contribution >= 0.6 is 0 Å². The van der Waals surface area contributed by atoms with Crippen molar-refractivity contribution < 1.29 is 9.59 Å². The predicted octanol–water partition coefficient (Wildman–Crippen LogP) is 1.28. The van der Waals surface area contributed by atoms with Crippen LogP contribution in [0.1, 0.15) is 52.4 Å². The minimum Gasteiger partial charge on any atom is -0.352 e. The highest BCUT2D eigenvalue weighted by Crippen LogP contribution is 2.23. The second-order valence-electron chi connectivity index (χ2n) is 6.81. The fourth-order valence-electron chi connectivity index (χ4n) is 2.90. The van der Waals surface area contributed by atoms with E-state index in [1.807, 2.05) is 18.9 Å². The lowest BCUT2D eigenvalue weighted by molar-refractivity contribution is -0.128. The normalized spacial score (nSPS) is 27.2. The number of carbonyl (C=O) groups excluding carboxylic acids is 2. The van der Waals surface area contributed by atoms with Crippen LogP contribution in [0.15, 0.2) is 0 Å². The van der Waals surface area contributed by atoms with E-state index in [2.05, 4.69) is 17.6 Å². The molecular weight excluding hydrogens is 266 g/mol. The molecule has 2 saturated carbocycles. The molecule has 3 atom stereocenters.